The van der Waals surface area contributed by atoms with Crippen LogP contribution in [-0.2, 0) is 87.3 Å². The Kier molecular flexibility index (Phi) is 20.7. The highest BCUT2D eigenvalue weighted by atomic mass is 32.2. The van der Waals surface area contributed by atoms with E-state index in [9.17, 15) is 68.7 Å². The Hall–Kier alpha value is -7.93. The van der Waals surface area contributed by atoms with Crippen LogP contribution in [0.15, 0.2) is 189 Å². The van der Waals surface area contributed by atoms with E-state index in [2.05, 4.69) is 70.1 Å². The molecule has 0 aliphatic heterocycles. The molecule has 9 N–H and O–H groups in total. The smallest absolute Gasteiger partial charge is 0.295 e. The topological polar surface area (TPSA) is 506 Å². The molecule has 0 bridgehead atoms. The van der Waals surface area contributed by atoms with Crippen LogP contribution in [0.4, 0.5) is 57.7 Å². The number of nitrogens with one attached hydrogen (secondary N) is 3. The van der Waals surface area contributed by atoms with Crippen molar-refractivity contribution in [1.29, 1.82) is 0 Å². The molecule has 8 aromatic carbocycles. The molecule has 0 saturated heterocycles. The number of nitrogens with zero attached hydrogens (tertiary/aromatic N) is 7. The van der Waals surface area contributed by atoms with Crippen molar-refractivity contribution in [2.75, 3.05) is 40.7 Å². The molecular weight excluding hydrogens is 1370 g/mol. The maximum Gasteiger partial charge on any atom is 0.295 e. The molecule has 34 nitrogen and oxygen atoms in total. The van der Waals surface area contributed by atoms with Crippen LogP contribution in [0, 0.1) is 0 Å². The second-order valence-corrected chi connectivity index (χ2v) is 29.0. The first kappa shape index (κ1) is 67.5. The molecule has 0 spiro atoms. The quantitative estimate of drug-likeness (QED) is 0.00549. The van der Waals surface area contributed by atoms with Gasteiger partial charge in [0, 0.05) is 43.7 Å². The lowest BCUT2D eigenvalue weighted by Crippen LogP contribution is -2.11. The number of fused-ring (bicyclic) bond motifs is 3. The Morgan fingerprint density at radius 1 is 0.407 bits per heavy atom. The summed E-state index contributed by atoms with van der Waals surface area (Å²) in [6.07, 6.45) is 0. The minimum absolute atomic E-state index is 0.000480. The third-order valence-corrected chi connectivity index (χ3v) is 20.1. The van der Waals surface area contributed by atoms with Crippen LogP contribution < -0.4 is 16.0 Å². The third kappa shape index (κ3) is 16.8. The zero-order valence-corrected chi connectivity index (χ0v) is 51.6. The third-order valence-electron chi connectivity index (χ3n) is 12.4. The molecule has 9 rings (SSSR count). The van der Waals surface area contributed by atoms with Crippen LogP contribution in [0.25, 0.3) is 32.3 Å². The number of azo groups is 2. The average molecular weight is 1410 g/mol. The number of hydrogen-bond donors (Lipinski definition) is 9. The van der Waals surface area contributed by atoms with Gasteiger partial charge in [-0.2, -0.15) is 53.7 Å². The van der Waals surface area contributed by atoms with Gasteiger partial charge in [0.25, 0.3) is 40.5 Å². The van der Waals surface area contributed by atoms with Crippen molar-refractivity contribution in [3.8, 4) is 0 Å². The van der Waals surface area contributed by atoms with E-state index in [1.807, 2.05) is 0 Å². The lowest BCUT2D eigenvalue weighted by atomic mass is 10.1. The van der Waals surface area contributed by atoms with Crippen molar-refractivity contribution in [3.63, 3.8) is 0 Å². The molecule has 0 aliphatic rings. The first-order chi connectivity index (χ1) is 43.0. The van der Waals surface area contributed by atoms with Gasteiger partial charge in [-0.3, -0.25) is 26.6 Å². The highest BCUT2D eigenvalue weighted by molar-refractivity contribution is 7.92. The normalized spacial score (nSPS) is 12.8. The lowest BCUT2D eigenvalue weighted by Gasteiger charge is -2.15. The summed E-state index contributed by atoms with van der Waals surface area (Å²) in [5, 5.41) is 48.1. The summed E-state index contributed by atoms with van der Waals surface area (Å²) in [6, 6.07) is 27.9. The van der Waals surface area contributed by atoms with Crippen molar-refractivity contribution in [2.45, 2.75) is 29.4 Å². The van der Waals surface area contributed by atoms with Crippen molar-refractivity contribution in [3.05, 3.63) is 140 Å². The summed E-state index contributed by atoms with van der Waals surface area (Å²) in [5.41, 5.74) is -0.225. The molecule has 0 saturated carbocycles. The second kappa shape index (κ2) is 27.9. The Morgan fingerprint density at radius 3 is 1.36 bits per heavy atom. The molecule has 0 unspecified atom stereocenters. The van der Waals surface area contributed by atoms with Crippen molar-refractivity contribution >= 4 is 175 Å². The van der Waals surface area contributed by atoms with E-state index in [0.717, 1.165) is 42.5 Å². The van der Waals surface area contributed by atoms with Crippen LogP contribution in [-0.4, -0.2) is 119 Å². The standard InChI is InChI=1S/C49H40N10O24S8/c60-80-82-84-78-21-23-86(62,63)31-11-7-28(8-12-31)50-47-53-48(51-29-9-13-32(14-10-29)87(64,65)24-22-79-85-83-81-61)55-49(54-47)52-42-20-19-40(36-4-2-6-44(46(36)42)90(72,73)74)58-59-41-18-17-39(34-16-15-33(27-37(34)41)88(66,67)68)57-56-30-25-38-35(45(26-30)91(75,76)77)3-1-5-43(38)89(69,70)71/h1-20,25-27,60-61H,21-24H2,(H,66,67,68)(H,69,70,71)(H,72,73,74)(H,75,76,77)(H3,50,51,52,53,54,55). The van der Waals surface area contributed by atoms with Gasteiger partial charge in [0.15, 0.2) is 44.3 Å². The fraction of sp³-hybridized carbons (Fsp3) is 0.0816. The van der Waals surface area contributed by atoms with Gasteiger partial charge in [0.1, 0.15) is 14.7 Å². The molecule has 0 aliphatic carbocycles. The number of rotatable bonds is 28. The predicted octanol–water partition coefficient (Wildman–Crippen LogP) is 9.93. The summed E-state index contributed by atoms with van der Waals surface area (Å²) in [4.78, 5) is 10.2. The Balaban J connectivity index is 1.08. The molecule has 91 heavy (non-hydrogen) atoms. The molecule has 9 aromatic rings. The SMILES string of the molecule is O=S(=O)(O)c1ccc2c(N=Nc3cc(S(=O)(=O)O)c4cccc(S(=O)(=O)O)c4c3)ccc(N=Nc3ccc(Nc4nc(Nc5ccc(S(=O)(=O)CCOSOOO)cc5)nc(Nc5ccc(S(=O)(=O)CCOSOOO)cc5)n4)c4c(S(=O)(=O)O)cccc34)c2c1. The van der Waals surface area contributed by atoms with Gasteiger partial charge in [-0.25, -0.2) is 27.4 Å². The molecule has 1 aromatic heterocycles. The van der Waals surface area contributed by atoms with E-state index in [1.165, 1.54) is 97.1 Å². The van der Waals surface area contributed by atoms with Crippen LogP contribution in [0.5, 0.6) is 0 Å². The van der Waals surface area contributed by atoms with Crippen molar-refractivity contribution < 1.29 is 106 Å². The first-order valence-corrected chi connectivity index (χ1v) is 35.1. The molecule has 0 atom stereocenters. The molecule has 0 radical (unpaired) electrons. The number of benzene rings is 8. The Labute approximate surface area is 522 Å². The summed E-state index contributed by atoms with van der Waals surface area (Å²) in [7, 11) is -27.9. The molecule has 0 fully saturated rings. The van der Waals surface area contributed by atoms with Crippen LogP contribution in [0.1, 0.15) is 0 Å². The molecule has 1 heterocycles. The van der Waals surface area contributed by atoms with Gasteiger partial charge in [-0.1, -0.05) is 40.4 Å². The zero-order valence-electron chi connectivity index (χ0n) is 45.0. The van der Waals surface area contributed by atoms with Crippen molar-refractivity contribution in [1.82, 2.24) is 15.0 Å². The Bertz CT molecular complexity index is 4950. The van der Waals surface area contributed by atoms with E-state index < -0.39 is 91.2 Å². The fourth-order valence-electron chi connectivity index (χ4n) is 8.49. The largest absolute Gasteiger partial charge is 0.324 e. The number of hydrogen-bond acceptors (Lipinski definition) is 32. The average Bonchev–Trinajstić information content (AvgIpc) is 0.782. The highest BCUT2D eigenvalue weighted by Crippen LogP contribution is 2.42. The summed E-state index contributed by atoms with van der Waals surface area (Å²) < 4.78 is 211. The van der Waals surface area contributed by atoms with Crippen LogP contribution in [0.3, 0.4) is 0 Å². The fourth-order valence-corrected chi connectivity index (χ4v) is 14.0. The van der Waals surface area contributed by atoms with Gasteiger partial charge in [-0.05, 0) is 109 Å². The van der Waals surface area contributed by atoms with E-state index in [4.69, 9.17) is 18.9 Å². The molecule has 478 valence electrons. The molecule has 42 heteroatoms. The van der Waals surface area contributed by atoms with Gasteiger partial charge in [0.05, 0.1) is 67.8 Å². The first-order valence-electron chi connectivity index (χ1n) is 24.7. The number of anilines is 6. The minimum Gasteiger partial charge on any atom is -0.324 e. The van der Waals surface area contributed by atoms with Gasteiger partial charge in [0.2, 0.25) is 17.8 Å². The van der Waals surface area contributed by atoms with Gasteiger partial charge < -0.3 is 16.0 Å². The lowest BCUT2D eigenvalue weighted by molar-refractivity contribution is -0.434. The van der Waals surface area contributed by atoms with Crippen LogP contribution >= 0.6 is 24.6 Å². The van der Waals surface area contributed by atoms with Gasteiger partial charge in [-0.15, -0.1) is 24.0 Å². The molecular formula is C49H40N10O24S8. The van der Waals surface area contributed by atoms with E-state index in [1.54, 1.807) is 0 Å². The second-order valence-electron chi connectivity index (χ2n) is 18.2. The maximum atomic E-state index is 13.1. The highest BCUT2D eigenvalue weighted by Gasteiger charge is 2.24. The number of aromatic nitrogens is 3. The maximum absolute atomic E-state index is 13.1. The van der Waals surface area contributed by atoms with Crippen LogP contribution in [0.2, 0.25) is 0 Å². The monoisotopic (exact) mass is 1410 g/mol. The zero-order chi connectivity index (χ0) is 65.5. The Morgan fingerprint density at radius 2 is 0.857 bits per heavy atom. The van der Waals surface area contributed by atoms with E-state index in [0.29, 0.717) is 0 Å². The summed E-state index contributed by atoms with van der Waals surface area (Å²) in [5.74, 6) is -1.78. The number of sulfone groups is 2. The summed E-state index contributed by atoms with van der Waals surface area (Å²) >= 11 is 0.385. The molecule has 0 amide bonds. The van der Waals surface area contributed by atoms with E-state index >= 15 is 0 Å². The minimum atomic E-state index is -5.09. The summed E-state index contributed by atoms with van der Waals surface area (Å²) in [6.45, 7) is -0.727. The van der Waals surface area contributed by atoms with E-state index in [-0.39, 0.29) is 138 Å². The predicted molar refractivity (Wildman–Crippen MR) is 323 cm³/mol. The van der Waals surface area contributed by atoms with Crippen molar-refractivity contribution in [2.24, 2.45) is 20.5 Å². The van der Waals surface area contributed by atoms with Gasteiger partial charge >= 0.3 is 0 Å².